The van der Waals surface area contributed by atoms with Crippen molar-refractivity contribution in [2.75, 3.05) is 6.26 Å². The van der Waals surface area contributed by atoms with Gasteiger partial charge in [0.1, 0.15) is 11.6 Å². The number of Topliss-reactive ketones (excluding diaryl/α,β-unsaturated/α-hetero) is 1. The van der Waals surface area contributed by atoms with Crippen LogP contribution in [-0.2, 0) is 28.6 Å². The van der Waals surface area contributed by atoms with Gasteiger partial charge >= 0.3 is 10.1 Å². The maximum absolute atomic E-state index is 13.2. The van der Waals surface area contributed by atoms with E-state index in [1.165, 1.54) is 16.7 Å². The second kappa shape index (κ2) is 8.92. The molecule has 1 fully saturated rings. The molecular formula is C21H25ClFN3O5S. The maximum Gasteiger partial charge on any atom is 0.306 e. The summed E-state index contributed by atoms with van der Waals surface area (Å²) in [6.45, 7) is 0.365. The van der Waals surface area contributed by atoms with Crippen LogP contribution in [0.15, 0.2) is 29.1 Å². The summed E-state index contributed by atoms with van der Waals surface area (Å²) in [5.41, 5.74) is 5.43. The lowest BCUT2D eigenvalue weighted by Crippen LogP contribution is -2.43. The smallest absolute Gasteiger partial charge is 0.306 e. The molecule has 1 saturated carbocycles. The van der Waals surface area contributed by atoms with Crippen LogP contribution in [0.2, 0.25) is 0 Å². The minimum atomic E-state index is -4.07. The van der Waals surface area contributed by atoms with Crippen molar-refractivity contribution in [1.82, 2.24) is 9.55 Å². The van der Waals surface area contributed by atoms with E-state index < -0.39 is 32.7 Å². The van der Waals surface area contributed by atoms with Gasteiger partial charge in [-0.15, -0.1) is 12.4 Å². The topological polar surface area (TPSA) is 121 Å². The number of fused-ring (bicyclic) bond motifs is 2. The summed E-state index contributed by atoms with van der Waals surface area (Å²) in [4.78, 5) is 30.7. The van der Waals surface area contributed by atoms with E-state index in [1.807, 2.05) is 0 Å². The Hall–Kier alpha value is -2.30. The minimum Gasteiger partial charge on any atom is -0.374 e. The van der Waals surface area contributed by atoms with Crippen molar-refractivity contribution in [2.45, 2.75) is 50.6 Å². The van der Waals surface area contributed by atoms with Gasteiger partial charge in [0.2, 0.25) is 5.75 Å². The van der Waals surface area contributed by atoms with Gasteiger partial charge in [-0.3, -0.25) is 14.2 Å². The first kappa shape index (κ1) is 24.3. The van der Waals surface area contributed by atoms with Crippen molar-refractivity contribution >= 4 is 28.3 Å². The number of aryl methyl sites for hydroxylation is 1. The van der Waals surface area contributed by atoms with Gasteiger partial charge in [0.15, 0.2) is 11.5 Å². The second-order valence-corrected chi connectivity index (χ2v) is 10.0. The molecule has 0 radical (unpaired) electrons. The minimum absolute atomic E-state index is 0. The zero-order valence-electron chi connectivity index (χ0n) is 17.5. The highest BCUT2D eigenvalue weighted by Gasteiger charge is 2.42. The number of nitrogens with two attached hydrogens (primary N) is 1. The highest BCUT2D eigenvalue weighted by molar-refractivity contribution is 7.86. The zero-order chi connectivity index (χ0) is 22.4. The number of benzene rings is 1. The van der Waals surface area contributed by atoms with Crippen LogP contribution in [0.1, 0.15) is 54.0 Å². The summed E-state index contributed by atoms with van der Waals surface area (Å²) in [6, 6.07) is 5.70. The number of nitrogens with zero attached hydrogens (tertiary/aromatic N) is 2. The predicted octanol–water partition coefficient (Wildman–Crippen LogP) is 2.32. The van der Waals surface area contributed by atoms with Crippen molar-refractivity contribution in [1.29, 1.82) is 0 Å². The molecule has 2 N–H and O–H groups in total. The Labute approximate surface area is 191 Å². The highest BCUT2D eigenvalue weighted by atomic mass is 35.5. The summed E-state index contributed by atoms with van der Waals surface area (Å²) < 4.78 is 43.1. The number of hydrogen-bond donors (Lipinski definition) is 1. The summed E-state index contributed by atoms with van der Waals surface area (Å²) in [6.07, 6.45) is 3.96. The quantitative estimate of drug-likeness (QED) is 0.492. The van der Waals surface area contributed by atoms with Crippen LogP contribution in [0.5, 0.6) is 5.75 Å². The number of carbonyl (C=O) groups excluding carboxylic acids is 1. The van der Waals surface area contributed by atoms with E-state index in [1.54, 1.807) is 12.1 Å². The first-order chi connectivity index (χ1) is 14.6. The molecule has 3 aliphatic rings. The fourth-order valence-electron chi connectivity index (χ4n) is 4.39. The lowest BCUT2D eigenvalue weighted by Gasteiger charge is -2.32. The number of halogens is 2. The number of hydrogen-bond acceptors (Lipinski definition) is 7. The standard InChI is InChI=1S/C21H24FN3O5S.ClH/c1-31(28,29)30-18-17(16(26)7-4-13-2-5-15(22)6-3-13)24-20-21(23)10-8-14(9-11-21)12-25(20)19(18)27;/h2-3,5-6,14H,4,7-12,23H2,1H3;1H. The molecular weight excluding hydrogens is 461 g/mol. The van der Waals surface area contributed by atoms with E-state index in [0.717, 1.165) is 24.7 Å². The van der Waals surface area contributed by atoms with Crippen LogP contribution in [0.3, 0.4) is 0 Å². The fourth-order valence-corrected chi connectivity index (χ4v) is 4.84. The molecule has 0 spiro atoms. The van der Waals surface area contributed by atoms with E-state index >= 15 is 0 Å². The molecule has 2 aliphatic heterocycles. The zero-order valence-corrected chi connectivity index (χ0v) is 19.2. The van der Waals surface area contributed by atoms with Gasteiger partial charge in [0.05, 0.1) is 11.8 Å². The lowest BCUT2D eigenvalue weighted by molar-refractivity contribution is 0.0975. The Balaban J connectivity index is 0.00000289. The predicted molar refractivity (Wildman–Crippen MR) is 118 cm³/mol. The molecule has 1 aromatic carbocycles. The Kier molecular flexibility index (Phi) is 6.78. The van der Waals surface area contributed by atoms with Gasteiger partial charge in [-0.1, -0.05) is 12.1 Å². The molecule has 0 amide bonds. The van der Waals surface area contributed by atoms with Gasteiger partial charge in [-0.2, -0.15) is 8.42 Å². The van der Waals surface area contributed by atoms with Crippen molar-refractivity contribution in [3.63, 3.8) is 0 Å². The van der Waals surface area contributed by atoms with Gasteiger partial charge in [-0.25, -0.2) is 9.37 Å². The SMILES string of the molecule is CS(=O)(=O)Oc1c(C(=O)CCc2ccc(F)cc2)nc2n(c1=O)CC1CCC2(N)CC1.Cl. The number of aromatic nitrogens is 2. The molecule has 2 bridgehead atoms. The summed E-state index contributed by atoms with van der Waals surface area (Å²) in [5.74, 6) is -0.958. The molecule has 2 aromatic rings. The van der Waals surface area contributed by atoms with Crippen molar-refractivity contribution < 1.29 is 21.8 Å². The Morgan fingerprint density at radius 3 is 2.50 bits per heavy atom. The van der Waals surface area contributed by atoms with Crippen LogP contribution in [0.25, 0.3) is 0 Å². The Morgan fingerprint density at radius 2 is 1.91 bits per heavy atom. The third kappa shape index (κ3) is 4.87. The van der Waals surface area contributed by atoms with Crippen LogP contribution in [-0.4, -0.2) is 30.0 Å². The molecule has 174 valence electrons. The van der Waals surface area contributed by atoms with E-state index in [2.05, 4.69) is 4.98 Å². The number of carbonyl (C=O) groups is 1. The van der Waals surface area contributed by atoms with Crippen molar-refractivity contribution in [3.8, 4) is 5.75 Å². The van der Waals surface area contributed by atoms with Gasteiger partial charge < -0.3 is 9.92 Å². The van der Waals surface area contributed by atoms with Crippen molar-refractivity contribution in [3.05, 3.63) is 57.5 Å². The van der Waals surface area contributed by atoms with E-state index in [0.29, 0.717) is 25.2 Å². The lowest BCUT2D eigenvalue weighted by atomic mass is 9.78. The third-order valence-corrected chi connectivity index (χ3v) is 6.53. The fraction of sp³-hybridized carbons (Fsp3) is 0.476. The first-order valence-corrected chi connectivity index (χ1v) is 12.0. The average Bonchev–Trinajstić information content (AvgIpc) is 2.93. The van der Waals surface area contributed by atoms with E-state index in [-0.39, 0.29) is 42.7 Å². The number of rotatable bonds is 6. The Bertz CT molecular complexity index is 1190. The number of ketones is 1. The van der Waals surface area contributed by atoms with E-state index in [9.17, 15) is 22.4 Å². The second-order valence-electron chi connectivity index (χ2n) is 8.47. The summed E-state index contributed by atoms with van der Waals surface area (Å²) in [5, 5.41) is 0. The molecule has 0 unspecified atom stereocenters. The van der Waals surface area contributed by atoms with Crippen LogP contribution in [0.4, 0.5) is 4.39 Å². The maximum atomic E-state index is 13.2. The van der Waals surface area contributed by atoms with Crippen molar-refractivity contribution in [2.24, 2.45) is 11.7 Å². The van der Waals surface area contributed by atoms with Crippen LogP contribution in [0, 0.1) is 11.7 Å². The molecule has 3 heterocycles. The van der Waals surface area contributed by atoms with Crippen LogP contribution < -0.4 is 15.5 Å². The molecule has 0 saturated heterocycles. The Morgan fingerprint density at radius 1 is 1.28 bits per heavy atom. The van der Waals surface area contributed by atoms with Gasteiger partial charge in [-0.05, 0) is 55.7 Å². The molecule has 1 aliphatic carbocycles. The molecule has 5 rings (SSSR count). The van der Waals surface area contributed by atoms with Crippen LogP contribution >= 0.6 is 12.4 Å². The monoisotopic (exact) mass is 485 g/mol. The highest BCUT2D eigenvalue weighted by Crippen LogP contribution is 2.41. The largest absolute Gasteiger partial charge is 0.374 e. The van der Waals surface area contributed by atoms with Gasteiger partial charge in [0.25, 0.3) is 5.56 Å². The molecule has 8 nitrogen and oxygen atoms in total. The first-order valence-electron chi connectivity index (χ1n) is 10.2. The normalized spacial score (nSPS) is 21.9. The molecule has 32 heavy (non-hydrogen) atoms. The molecule has 11 heteroatoms. The molecule has 1 aromatic heterocycles. The summed E-state index contributed by atoms with van der Waals surface area (Å²) >= 11 is 0. The average molecular weight is 486 g/mol. The molecule has 0 atom stereocenters. The van der Waals surface area contributed by atoms with Gasteiger partial charge in [0, 0.05) is 13.0 Å². The van der Waals surface area contributed by atoms with E-state index in [4.69, 9.17) is 9.92 Å². The third-order valence-electron chi connectivity index (χ3n) is 6.06. The summed E-state index contributed by atoms with van der Waals surface area (Å²) in [7, 11) is -4.07.